The van der Waals surface area contributed by atoms with E-state index in [9.17, 15) is 0 Å². The molecule has 28 aromatic rings. The highest BCUT2D eigenvalue weighted by Gasteiger charge is 2.54. The number of aromatic nitrogens is 1. The van der Waals surface area contributed by atoms with Crippen LogP contribution in [0, 0.1) is 0 Å². The molecule has 0 saturated heterocycles. The zero-order chi connectivity index (χ0) is 95.1. The molecule has 9 aliphatic rings. The predicted molar refractivity (Wildman–Crippen MR) is 614 cm³/mol. The molecule has 0 unspecified atom stereocenters. The van der Waals surface area contributed by atoms with Gasteiger partial charge in [0, 0.05) is 198 Å². The van der Waals surface area contributed by atoms with Gasteiger partial charge in [0.2, 0.25) is 0 Å². The Morgan fingerprint density at radius 2 is 0.476 bits per heavy atom. The Labute approximate surface area is 846 Å². The van der Waals surface area contributed by atoms with Gasteiger partial charge in [0.05, 0.1) is 11.0 Å². The van der Waals surface area contributed by atoms with Gasteiger partial charge < -0.3 is 51.4 Å². The minimum Gasteiger partial charge on any atom is -0.456 e. The Bertz CT molecular complexity index is 10400. The highest BCUT2D eigenvalue weighted by atomic mass is 32.1. The SMILES string of the molecule is c1ccc(-n2c3ccccc3c3cc(N4c5cccc6c5B5c7c(cccc74)-c4c(ccc7c4oc4ccccc47)N5c4ccccc4-6)ccc32)cc1.c1ccc2c(c1)-c1cccc3c1B1c4c(cccc4N3c3ccc4oc5ccccc5c4c3)-c3c(ccc4c3oc3ccccc34)N12.c1ccc2c(c1)-c1cccc3c1B1c4c(cccc4N3c3ccc4sc5ccccc5c4c3)-c3c(ccc4c3oc3ccccc34)N12. The largest absolute Gasteiger partial charge is 0.456 e. The summed E-state index contributed by atoms with van der Waals surface area (Å²) >= 11 is 1.87. The Balaban J connectivity index is 0.0000000931. The highest BCUT2D eigenvalue weighted by Crippen LogP contribution is 2.61. The van der Waals surface area contributed by atoms with Gasteiger partial charge in [-0.05, 0) is 260 Å². The van der Waals surface area contributed by atoms with Crippen LogP contribution in [0.1, 0.15) is 0 Å². The minimum absolute atomic E-state index is 0.0107. The third-order valence-electron chi connectivity index (χ3n) is 33.0. The highest BCUT2D eigenvalue weighted by molar-refractivity contribution is 7.25. The third kappa shape index (κ3) is 10.4. The summed E-state index contributed by atoms with van der Waals surface area (Å²) in [7, 11) is 0. The molecule has 9 aliphatic heterocycles. The van der Waals surface area contributed by atoms with Gasteiger partial charge >= 0.3 is 20.5 Å². The first kappa shape index (κ1) is 78.7. The minimum atomic E-state index is 0.0107. The molecule has 0 N–H and O–H groups in total. The monoisotopic (exact) mass is 1890 g/mol. The van der Waals surface area contributed by atoms with Crippen LogP contribution in [0.25, 0.3) is 202 Å². The lowest BCUT2D eigenvalue weighted by Gasteiger charge is -2.49. The molecule has 6 aromatic heterocycles. The summed E-state index contributed by atoms with van der Waals surface area (Å²) in [4.78, 5) is 15.2. The van der Waals surface area contributed by atoms with Crippen LogP contribution in [0.15, 0.2) is 467 Å². The number of benzene rings is 22. The first-order valence-corrected chi connectivity index (χ1v) is 51.4. The fraction of sp³-hybridized carbons (Fsp3) is 0. The van der Waals surface area contributed by atoms with Crippen molar-refractivity contribution in [2.75, 3.05) is 29.1 Å². The summed E-state index contributed by atoms with van der Waals surface area (Å²) in [6.45, 7) is 0.0709. The summed E-state index contributed by atoms with van der Waals surface area (Å²) in [5, 5.41) is 14.3. The van der Waals surface area contributed by atoms with Gasteiger partial charge in [0.15, 0.2) is 0 Å². The maximum atomic E-state index is 6.80. The second-order valence-electron chi connectivity index (χ2n) is 40.1. The lowest BCUT2D eigenvalue weighted by molar-refractivity contribution is 0.668. The average molecular weight is 1890 g/mol. The van der Waals surface area contributed by atoms with Crippen molar-refractivity contribution in [1.29, 1.82) is 0 Å². The van der Waals surface area contributed by atoms with E-state index in [-0.39, 0.29) is 20.5 Å². The van der Waals surface area contributed by atoms with E-state index in [1.165, 1.54) is 204 Å². The summed E-state index contributed by atoms with van der Waals surface area (Å²) < 4.78 is 31.6. The van der Waals surface area contributed by atoms with Crippen molar-refractivity contribution in [2.24, 2.45) is 0 Å². The maximum absolute atomic E-state index is 6.80. The van der Waals surface area contributed by atoms with Crippen molar-refractivity contribution in [3.05, 3.63) is 449 Å². The molecule has 147 heavy (non-hydrogen) atoms. The van der Waals surface area contributed by atoms with E-state index in [2.05, 4.69) is 470 Å². The van der Waals surface area contributed by atoms with Gasteiger partial charge in [-0.15, -0.1) is 11.3 Å². The lowest BCUT2D eigenvalue weighted by Crippen LogP contribution is -2.63. The van der Waals surface area contributed by atoms with Crippen molar-refractivity contribution in [3.8, 4) is 72.4 Å². The van der Waals surface area contributed by atoms with Gasteiger partial charge in [-0.2, -0.15) is 0 Å². The van der Waals surface area contributed by atoms with E-state index in [1.807, 2.05) is 23.5 Å². The number of hydrogen-bond acceptors (Lipinski definition) is 11. The number of fused-ring (bicyclic) bond motifs is 39. The van der Waals surface area contributed by atoms with Gasteiger partial charge in [0.25, 0.3) is 0 Å². The molecule has 0 bridgehead atoms. The van der Waals surface area contributed by atoms with Gasteiger partial charge in [-0.1, -0.05) is 255 Å². The molecule has 22 aromatic carbocycles. The molecule has 0 fully saturated rings. The summed E-state index contributed by atoms with van der Waals surface area (Å²) in [6.07, 6.45) is 0. The normalized spacial score (nSPS) is 13.7. The van der Waals surface area contributed by atoms with Crippen molar-refractivity contribution in [3.63, 3.8) is 0 Å². The van der Waals surface area contributed by atoms with E-state index in [0.717, 1.165) is 116 Å². The number of furan rings is 4. The molecular weight excluding hydrogens is 1810 g/mol. The first-order chi connectivity index (χ1) is 73.0. The molecule has 15 heterocycles. The Morgan fingerprint density at radius 3 is 0.925 bits per heavy atom. The van der Waals surface area contributed by atoms with E-state index in [0.29, 0.717) is 0 Å². The van der Waals surface area contributed by atoms with Gasteiger partial charge in [0.1, 0.15) is 44.7 Å². The summed E-state index contributed by atoms with van der Waals surface area (Å²) in [6, 6.07) is 164. The average Bonchev–Trinajstić information content (AvgIpc) is 1.44. The lowest BCUT2D eigenvalue weighted by atomic mass is 9.41. The molecule has 0 aliphatic carbocycles. The molecule has 0 atom stereocenters. The summed E-state index contributed by atoms with van der Waals surface area (Å²) in [5.41, 5.74) is 51.7. The molecule has 676 valence electrons. The molecule has 0 radical (unpaired) electrons. The van der Waals surface area contributed by atoms with Crippen LogP contribution in [0.5, 0.6) is 0 Å². The van der Waals surface area contributed by atoms with Crippen LogP contribution in [0.4, 0.5) is 85.3 Å². The van der Waals surface area contributed by atoms with E-state index in [4.69, 9.17) is 17.7 Å². The Kier molecular flexibility index (Phi) is 15.5. The van der Waals surface area contributed by atoms with Crippen LogP contribution in [0.3, 0.4) is 0 Å². The maximum Gasteiger partial charge on any atom is 0.333 e. The fourth-order valence-electron chi connectivity index (χ4n) is 27.3. The fourth-order valence-corrected chi connectivity index (χ4v) is 28.4. The molecule has 0 spiro atoms. The molecule has 11 nitrogen and oxygen atoms in total. The first-order valence-electron chi connectivity index (χ1n) is 50.6. The molecular formula is C132H74B3N7O4S. The standard InChI is InChI=1S/C48H28BN3O.C42H23BN2O2.C42H23BN2OS/c1-2-12-29(13-3-1)50-38-19-7-4-15-32(38)37-28-30(24-26-39(37)50)51-42-21-10-17-34-31-14-5-8-20-40(31)52-41-27-25-35-33-16-6-9-23-44(33)53-48(35)45(41)36-18-11-22-43(51)47(36)49(52)46(34)42;1-4-14-32-25(9-1)28-12-7-15-34-40(28)43-41-30(39-33(45(32)43)21-20-29-26-10-2-6-18-37(26)47-42(29)39)13-8-16-35(41)44(34)24-19-22-38-31(23-24)27-11-3-5-17-36(27)46-38;1-4-14-32-25(9-1)28-12-7-15-34-40(28)43-41-30(39-33(45(32)43)21-20-29-26-10-2-5-17-36(26)46-42(29)39)13-8-16-35(41)44(34)24-19-22-38-31(23-24)27-11-3-6-18-37(27)47-38/h1-28H;2*1-23H. The number of nitrogens with zero attached hydrogens (tertiary/aromatic N) is 7. The number of para-hydroxylation sites is 9. The Morgan fingerprint density at radius 1 is 0.170 bits per heavy atom. The Hall–Kier alpha value is -18.9. The topological polar surface area (TPSA) is 76.9 Å². The van der Waals surface area contributed by atoms with Crippen LogP contribution in [-0.4, -0.2) is 25.1 Å². The van der Waals surface area contributed by atoms with E-state index in [1.54, 1.807) is 0 Å². The van der Waals surface area contributed by atoms with Crippen LogP contribution >= 0.6 is 11.3 Å². The molecule has 0 amide bonds. The van der Waals surface area contributed by atoms with Gasteiger partial charge in [-0.3, -0.25) is 0 Å². The van der Waals surface area contributed by atoms with E-state index < -0.39 is 0 Å². The van der Waals surface area contributed by atoms with Crippen molar-refractivity contribution in [1.82, 2.24) is 4.57 Å². The van der Waals surface area contributed by atoms with Gasteiger partial charge in [-0.25, -0.2) is 0 Å². The third-order valence-corrected chi connectivity index (χ3v) is 34.2. The van der Waals surface area contributed by atoms with E-state index >= 15 is 0 Å². The van der Waals surface area contributed by atoms with Crippen molar-refractivity contribution >= 4 is 280 Å². The van der Waals surface area contributed by atoms with Crippen LogP contribution in [0.2, 0.25) is 0 Å². The molecule has 15 heteroatoms. The van der Waals surface area contributed by atoms with Crippen LogP contribution in [-0.2, 0) is 0 Å². The number of anilines is 15. The smallest absolute Gasteiger partial charge is 0.333 e. The number of rotatable bonds is 4. The predicted octanol–water partition coefficient (Wildman–Crippen LogP) is 32.2. The molecule has 0 saturated carbocycles. The zero-order valence-corrected chi connectivity index (χ0v) is 79.4. The molecule has 37 rings (SSSR count). The zero-order valence-electron chi connectivity index (χ0n) is 78.6. The van der Waals surface area contributed by atoms with Crippen molar-refractivity contribution in [2.45, 2.75) is 0 Å². The summed E-state index contributed by atoms with van der Waals surface area (Å²) in [5.74, 6) is 0. The second-order valence-corrected chi connectivity index (χ2v) is 41.1. The number of thiophene rings is 1. The second kappa shape index (κ2) is 29.0. The quantitative estimate of drug-likeness (QED) is 0.159. The van der Waals surface area contributed by atoms with Crippen molar-refractivity contribution < 1.29 is 17.7 Å². The van der Waals surface area contributed by atoms with Crippen LogP contribution < -0.4 is 61.9 Å². The number of hydrogen-bond donors (Lipinski definition) is 0.